The predicted molar refractivity (Wildman–Crippen MR) is 146 cm³/mol. The third-order valence-electron chi connectivity index (χ3n) is 6.81. The van der Waals surface area contributed by atoms with E-state index in [2.05, 4.69) is 4.90 Å². The first-order chi connectivity index (χ1) is 17.9. The molecule has 0 bridgehead atoms. The van der Waals surface area contributed by atoms with Crippen LogP contribution >= 0.6 is 0 Å². The van der Waals surface area contributed by atoms with Gasteiger partial charge >= 0.3 is 5.97 Å². The molecule has 8 nitrogen and oxygen atoms in total. The summed E-state index contributed by atoms with van der Waals surface area (Å²) in [6.45, 7) is 13.9. The maximum absolute atomic E-state index is 13.4. The largest absolute Gasteiger partial charge is 0.507 e. The number of aliphatic hydroxyl groups excluding tert-OH is 1. The number of hydrogen-bond acceptors (Lipinski definition) is 7. The zero-order valence-electron chi connectivity index (χ0n) is 23.3. The molecular formula is C30H38N2O6. The number of aliphatic hydroxyl groups is 1. The molecule has 8 heteroatoms. The van der Waals surface area contributed by atoms with E-state index in [4.69, 9.17) is 9.47 Å². The number of nitrogens with zero attached hydrogens (tertiary/aromatic N) is 2. The third kappa shape index (κ3) is 6.07. The highest BCUT2D eigenvalue weighted by Crippen LogP contribution is 2.41. The molecule has 38 heavy (non-hydrogen) atoms. The van der Waals surface area contributed by atoms with Gasteiger partial charge in [0.05, 0.1) is 18.7 Å². The van der Waals surface area contributed by atoms with Crippen LogP contribution in [0.2, 0.25) is 0 Å². The Morgan fingerprint density at radius 2 is 1.76 bits per heavy atom. The van der Waals surface area contributed by atoms with Crippen LogP contribution in [0.1, 0.15) is 64.3 Å². The molecule has 1 N–H and O–H groups in total. The number of ketones is 1. The SMILES string of the molecule is CCN(CC)CCN1C(=O)C(=O)/C(=C(/O)c2ccc(OC)c(C(C)(C)C)c2)C1c1cccc(OC(C)=O)c1. The molecule has 1 aliphatic rings. The van der Waals surface area contributed by atoms with Gasteiger partial charge in [0, 0.05) is 31.1 Å². The molecule has 1 amide bonds. The molecule has 2 aromatic rings. The van der Waals surface area contributed by atoms with Crippen molar-refractivity contribution < 1.29 is 29.0 Å². The first-order valence-electron chi connectivity index (χ1n) is 12.9. The number of carbonyl (C=O) groups excluding carboxylic acids is 3. The first kappa shape index (κ1) is 28.9. The van der Waals surface area contributed by atoms with Crippen molar-refractivity contribution in [3.8, 4) is 11.5 Å². The minimum absolute atomic E-state index is 0.000419. The molecule has 1 aliphatic heterocycles. The monoisotopic (exact) mass is 522 g/mol. The molecule has 3 rings (SSSR count). The Kier molecular flexibility index (Phi) is 8.99. The van der Waals surface area contributed by atoms with Crippen molar-refractivity contribution in [3.63, 3.8) is 0 Å². The van der Waals surface area contributed by atoms with Crippen LogP contribution in [0.3, 0.4) is 0 Å². The lowest BCUT2D eigenvalue weighted by Gasteiger charge is -2.28. The van der Waals surface area contributed by atoms with E-state index in [-0.39, 0.29) is 16.7 Å². The topological polar surface area (TPSA) is 96.4 Å². The smallest absolute Gasteiger partial charge is 0.308 e. The number of carbonyl (C=O) groups is 3. The molecule has 2 aromatic carbocycles. The summed E-state index contributed by atoms with van der Waals surface area (Å²) in [7, 11) is 1.58. The number of likely N-dealkylation sites (N-methyl/N-ethyl adjacent to an activating group) is 1. The van der Waals surface area contributed by atoms with Gasteiger partial charge in [-0.25, -0.2) is 0 Å². The molecule has 1 fully saturated rings. The van der Waals surface area contributed by atoms with Crippen LogP contribution in [0.5, 0.6) is 11.5 Å². The number of rotatable bonds is 9. The van der Waals surface area contributed by atoms with Crippen molar-refractivity contribution in [1.82, 2.24) is 9.80 Å². The molecule has 0 saturated carbocycles. The van der Waals surface area contributed by atoms with Crippen molar-refractivity contribution >= 4 is 23.4 Å². The first-order valence-corrected chi connectivity index (χ1v) is 12.9. The minimum atomic E-state index is -0.846. The number of Topliss-reactive ketones (excluding diaryl/α,β-unsaturated/α-hetero) is 1. The zero-order chi connectivity index (χ0) is 28.2. The number of benzene rings is 2. The fraction of sp³-hybridized carbons (Fsp3) is 0.433. The standard InChI is InChI=1S/C30H38N2O6/c1-8-31(9-2)15-16-32-26(20-11-10-12-22(17-20)38-19(3)33)25(28(35)29(32)36)27(34)21-13-14-24(37-7)23(18-21)30(4,5)6/h10-14,17-18,26,34H,8-9,15-16H2,1-7H3/b27-25+. The summed E-state index contributed by atoms with van der Waals surface area (Å²) in [5.74, 6) is -1.21. The van der Waals surface area contributed by atoms with Gasteiger partial charge < -0.3 is 24.4 Å². The van der Waals surface area contributed by atoms with Crippen LogP contribution in [-0.4, -0.2) is 65.9 Å². The average molecular weight is 523 g/mol. The Bertz CT molecular complexity index is 1240. The van der Waals surface area contributed by atoms with E-state index in [0.29, 0.717) is 35.7 Å². The second kappa shape index (κ2) is 11.8. The number of methoxy groups -OCH3 is 1. The molecule has 1 atom stereocenters. The highest BCUT2D eigenvalue weighted by Gasteiger charge is 2.46. The van der Waals surface area contributed by atoms with E-state index in [0.717, 1.165) is 18.7 Å². The number of esters is 1. The van der Waals surface area contributed by atoms with Crippen molar-refractivity contribution in [2.24, 2.45) is 0 Å². The quantitative estimate of drug-likeness (QED) is 0.168. The third-order valence-corrected chi connectivity index (χ3v) is 6.81. The average Bonchev–Trinajstić information content (AvgIpc) is 3.12. The lowest BCUT2D eigenvalue weighted by molar-refractivity contribution is -0.140. The lowest BCUT2D eigenvalue weighted by atomic mass is 9.84. The van der Waals surface area contributed by atoms with E-state index in [1.165, 1.54) is 11.8 Å². The van der Waals surface area contributed by atoms with Gasteiger partial charge in [-0.15, -0.1) is 0 Å². The Morgan fingerprint density at radius 3 is 2.34 bits per heavy atom. The van der Waals surface area contributed by atoms with E-state index in [9.17, 15) is 19.5 Å². The van der Waals surface area contributed by atoms with Gasteiger partial charge in [-0.1, -0.05) is 46.8 Å². The van der Waals surface area contributed by atoms with Gasteiger partial charge in [0.1, 0.15) is 17.3 Å². The molecule has 1 saturated heterocycles. The highest BCUT2D eigenvalue weighted by atomic mass is 16.5. The Hall–Kier alpha value is -3.65. The fourth-order valence-electron chi connectivity index (χ4n) is 4.76. The summed E-state index contributed by atoms with van der Waals surface area (Å²) in [5.41, 5.74) is 1.54. The second-order valence-corrected chi connectivity index (χ2v) is 10.4. The minimum Gasteiger partial charge on any atom is -0.507 e. The molecule has 1 heterocycles. The Morgan fingerprint density at radius 1 is 1.08 bits per heavy atom. The summed E-state index contributed by atoms with van der Waals surface area (Å²) in [6, 6.07) is 11.1. The van der Waals surface area contributed by atoms with Gasteiger partial charge in [-0.2, -0.15) is 0 Å². The molecule has 0 aliphatic carbocycles. The maximum atomic E-state index is 13.4. The van der Waals surface area contributed by atoms with E-state index in [1.807, 2.05) is 34.6 Å². The second-order valence-electron chi connectivity index (χ2n) is 10.4. The molecule has 1 unspecified atom stereocenters. The number of likely N-dealkylation sites (tertiary alicyclic amines) is 1. The number of hydrogen-bond donors (Lipinski definition) is 1. The van der Waals surface area contributed by atoms with Gasteiger partial charge in [-0.05, 0) is 54.4 Å². The van der Waals surface area contributed by atoms with Gasteiger partial charge in [0.25, 0.3) is 11.7 Å². The van der Waals surface area contributed by atoms with Crippen molar-refractivity contribution in [2.75, 3.05) is 33.3 Å². The van der Waals surface area contributed by atoms with Crippen LogP contribution in [0.4, 0.5) is 0 Å². The summed E-state index contributed by atoms with van der Waals surface area (Å²) in [6.07, 6.45) is 0. The van der Waals surface area contributed by atoms with Crippen LogP contribution in [0.15, 0.2) is 48.0 Å². The van der Waals surface area contributed by atoms with Crippen molar-refractivity contribution in [3.05, 3.63) is 64.7 Å². The number of ether oxygens (including phenoxy) is 2. The zero-order valence-corrected chi connectivity index (χ0v) is 23.3. The summed E-state index contributed by atoms with van der Waals surface area (Å²) in [5, 5.41) is 11.5. The molecule has 204 valence electrons. The molecular weight excluding hydrogens is 484 g/mol. The lowest BCUT2D eigenvalue weighted by Crippen LogP contribution is -2.38. The Labute approximate surface area is 224 Å². The Balaban J connectivity index is 2.20. The van der Waals surface area contributed by atoms with Gasteiger partial charge in [0.15, 0.2) is 0 Å². The van der Waals surface area contributed by atoms with Gasteiger partial charge in [-0.3, -0.25) is 14.4 Å². The van der Waals surface area contributed by atoms with Crippen molar-refractivity contribution in [1.29, 1.82) is 0 Å². The van der Waals surface area contributed by atoms with E-state index < -0.39 is 23.7 Å². The summed E-state index contributed by atoms with van der Waals surface area (Å²) >= 11 is 0. The summed E-state index contributed by atoms with van der Waals surface area (Å²) < 4.78 is 10.8. The van der Waals surface area contributed by atoms with Crippen LogP contribution in [0.25, 0.3) is 5.76 Å². The van der Waals surface area contributed by atoms with E-state index in [1.54, 1.807) is 49.6 Å². The van der Waals surface area contributed by atoms with Crippen LogP contribution in [-0.2, 0) is 19.8 Å². The molecule has 0 radical (unpaired) electrons. The van der Waals surface area contributed by atoms with Crippen molar-refractivity contribution in [2.45, 2.75) is 53.0 Å². The van der Waals surface area contributed by atoms with Gasteiger partial charge in [0.2, 0.25) is 0 Å². The predicted octanol–water partition coefficient (Wildman–Crippen LogP) is 4.68. The van der Waals surface area contributed by atoms with Crippen LogP contribution < -0.4 is 9.47 Å². The maximum Gasteiger partial charge on any atom is 0.308 e. The molecule has 0 spiro atoms. The summed E-state index contributed by atoms with van der Waals surface area (Å²) in [4.78, 5) is 42.0. The van der Waals surface area contributed by atoms with Crippen LogP contribution in [0, 0.1) is 0 Å². The highest BCUT2D eigenvalue weighted by molar-refractivity contribution is 6.46. The van der Waals surface area contributed by atoms with E-state index >= 15 is 0 Å². The normalized spacial score (nSPS) is 17.3. The molecule has 0 aromatic heterocycles. The number of amides is 1. The fourth-order valence-corrected chi connectivity index (χ4v) is 4.76.